The standard InChI is InChI=1S/C22H28N2/c1-20(22-12-6-3-7-13-22)19-24-17-15-23(16-18-24)14-8-11-21-9-4-2-5-10-21/h2-13,20H,14-19H2,1H3/b11-8+/t20-/m1/s1. The predicted octanol–water partition coefficient (Wildman–Crippen LogP) is 4.12. The van der Waals surface area contributed by atoms with Crippen LogP contribution in [-0.2, 0) is 0 Å². The summed E-state index contributed by atoms with van der Waals surface area (Å²) in [4.78, 5) is 5.15. The summed E-state index contributed by atoms with van der Waals surface area (Å²) in [5.74, 6) is 0.607. The molecular formula is C22H28N2. The quantitative estimate of drug-likeness (QED) is 0.790. The minimum absolute atomic E-state index is 0.607. The van der Waals surface area contributed by atoms with E-state index in [4.69, 9.17) is 0 Å². The van der Waals surface area contributed by atoms with Crippen molar-refractivity contribution in [1.82, 2.24) is 9.80 Å². The van der Waals surface area contributed by atoms with Crippen molar-refractivity contribution in [2.24, 2.45) is 0 Å². The molecule has 0 N–H and O–H groups in total. The number of piperazine rings is 1. The first-order chi connectivity index (χ1) is 11.8. The molecule has 24 heavy (non-hydrogen) atoms. The lowest BCUT2D eigenvalue weighted by Crippen LogP contribution is -2.47. The highest BCUT2D eigenvalue weighted by Crippen LogP contribution is 2.17. The van der Waals surface area contributed by atoms with E-state index in [1.165, 1.54) is 37.3 Å². The Kier molecular flexibility index (Phi) is 6.22. The van der Waals surface area contributed by atoms with Crippen molar-refractivity contribution in [3.63, 3.8) is 0 Å². The molecule has 0 spiro atoms. The molecule has 1 fully saturated rings. The van der Waals surface area contributed by atoms with Crippen LogP contribution in [0.25, 0.3) is 6.08 Å². The average molecular weight is 320 g/mol. The molecule has 1 atom stereocenters. The predicted molar refractivity (Wildman–Crippen MR) is 103 cm³/mol. The molecule has 1 aliphatic heterocycles. The Morgan fingerprint density at radius 3 is 2.08 bits per heavy atom. The fourth-order valence-corrected chi connectivity index (χ4v) is 3.33. The van der Waals surface area contributed by atoms with Gasteiger partial charge in [0.05, 0.1) is 0 Å². The molecule has 0 unspecified atom stereocenters. The Bertz CT molecular complexity index is 613. The number of nitrogens with zero attached hydrogens (tertiary/aromatic N) is 2. The van der Waals surface area contributed by atoms with E-state index < -0.39 is 0 Å². The van der Waals surface area contributed by atoms with Gasteiger partial charge in [-0.1, -0.05) is 79.7 Å². The van der Waals surface area contributed by atoms with Gasteiger partial charge in [-0.3, -0.25) is 4.90 Å². The van der Waals surface area contributed by atoms with Crippen LogP contribution in [0.5, 0.6) is 0 Å². The molecule has 0 bridgehead atoms. The largest absolute Gasteiger partial charge is 0.300 e. The second-order valence-corrected chi connectivity index (χ2v) is 6.73. The van der Waals surface area contributed by atoms with Gasteiger partial charge in [0, 0.05) is 39.3 Å². The minimum atomic E-state index is 0.607. The maximum atomic E-state index is 2.61. The summed E-state index contributed by atoms with van der Waals surface area (Å²) in [5, 5.41) is 0. The highest BCUT2D eigenvalue weighted by atomic mass is 15.3. The van der Waals surface area contributed by atoms with Crippen LogP contribution < -0.4 is 0 Å². The molecule has 1 aliphatic rings. The highest BCUT2D eigenvalue weighted by molar-refractivity contribution is 5.48. The van der Waals surface area contributed by atoms with Gasteiger partial charge in [-0.05, 0) is 17.0 Å². The van der Waals surface area contributed by atoms with Crippen molar-refractivity contribution in [2.75, 3.05) is 39.3 Å². The van der Waals surface area contributed by atoms with Gasteiger partial charge in [0.2, 0.25) is 0 Å². The number of hydrogen-bond donors (Lipinski definition) is 0. The van der Waals surface area contributed by atoms with Gasteiger partial charge in [-0.2, -0.15) is 0 Å². The Morgan fingerprint density at radius 2 is 1.42 bits per heavy atom. The molecule has 2 aromatic carbocycles. The van der Waals surface area contributed by atoms with Gasteiger partial charge in [-0.15, -0.1) is 0 Å². The summed E-state index contributed by atoms with van der Waals surface area (Å²) in [6, 6.07) is 21.4. The number of hydrogen-bond acceptors (Lipinski definition) is 2. The Morgan fingerprint density at radius 1 is 0.833 bits per heavy atom. The van der Waals surface area contributed by atoms with Crippen LogP contribution in [0, 0.1) is 0 Å². The first-order valence-corrected chi connectivity index (χ1v) is 9.02. The lowest BCUT2D eigenvalue weighted by Gasteiger charge is -2.35. The van der Waals surface area contributed by atoms with Crippen LogP contribution in [0.2, 0.25) is 0 Å². The fraction of sp³-hybridized carbons (Fsp3) is 0.364. The monoisotopic (exact) mass is 320 g/mol. The van der Waals surface area contributed by atoms with Gasteiger partial charge in [0.15, 0.2) is 0 Å². The molecular weight excluding hydrogens is 292 g/mol. The Hall–Kier alpha value is -1.90. The lowest BCUT2D eigenvalue weighted by atomic mass is 10.0. The van der Waals surface area contributed by atoms with E-state index in [-0.39, 0.29) is 0 Å². The van der Waals surface area contributed by atoms with E-state index in [9.17, 15) is 0 Å². The van der Waals surface area contributed by atoms with Gasteiger partial charge in [0.25, 0.3) is 0 Å². The van der Waals surface area contributed by atoms with Gasteiger partial charge >= 0.3 is 0 Å². The number of benzene rings is 2. The third-order valence-electron chi connectivity index (χ3n) is 4.84. The summed E-state index contributed by atoms with van der Waals surface area (Å²) in [7, 11) is 0. The van der Waals surface area contributed by atoms with E-state index >= 15 is 0 Å². The Balaban J connectivity index is 1.40. The van der Waals surface area contributed by atoms with Crippen molar-refractivity contribution >= 4 is 6.08 Å². The maximum absolute atomic E-state index is 2.61. The summed E-state index contributed by atoms with van der Waals surface area (Å²) in [6.45, 7) is 9.24. The zero-order valence-electron chi connectivity index (χ0n) is 14.6. The molecule has 2 aromatic rings. The second-order valence-electron chi connectivity index (χ2n) is 6.73. The zero-order chi connectivity index (χ0) is 16.6. The Labute approximate surface area is 146 Å². The van der Waals surface area contributed by atoms with Crippen LogP contribution in [0.15, 0.2) is 66.7 Å². The summed E-state index contributed by atoms with van der Waals surface area (Å²) >= 11 is 0. The minimum Gasteiger partial charge on any atom is -0.300 e. The molecule has 1 saturated heterocycles. The van der Waals surface area contributed by atoms with Crippen molar-refractivity contribution < 1.29 is 0 Å². The third-order valence-corrected chi connectivity index (χ3v) is 4.84. The average Bonchev–Trinajstić information content (AvgIpc) is 2.65. The van der Waals surface area contributed by atoms with Gasteiger partial charge in [0.1, 0.15) is 0 Å². The molecule has 1 heterocycles. The van der Waals surface area contributed by atoms with Crippen LogP contribution in [0.3, 0.4) is 0 Å². The fourth-order valence-electron chi connectivity index (χ4n) is 3.33. The third kappa shape index (κ3) is 5.05. The number of rotatable bonds is 6. The van der Waals surface area contributed by atoms with Crippen LogP contribution in [-0.4, -0.2) is 49.1 Å². The van der Waals surface area contributed by atoms with E-state index in [2.05, 4.69) is 89.5 Å². The topological polar surface area (TPSA) is 6.48 Å². The van der Waals surface area contributed by atoms with Crippen molar-refractivity contribution in [2.45, 2.75) is 12.8 Å². The van der Waals surface area contributed by atoms with Crippen molar-refractivity contribution in [3.8, 4) is 0 Å². The van der Waals surface area contributed by atoms with E-state index in [1.807, 2.05) is 0 Å². The van der Waals surface area contributed by atoms with E-state index in [0.29, 0.717) is 5.92 Å². The second kappa shape index (κ2) is 8.81. The molecule has 0 amide bonds. The summed E-state index contributed by atoms with van der Waals surface area (Å²) < 4.78 is 0. The molecule has 2 heteroatoms. The molecule has 3 rings (SSSR count). The smallest absolute Gasteiger partial charge is 0.0167 e. The van der Waals surface area contributed by atoms with Crippen LogP contribution in [0.1, 0.15) is 24.0 Å². The molecule has 0 aliphatic carbocycles. The van der Waals surface area contributed by atoms with Gasteiger partial charge < -0.3 is 4.90 Å². The van der Waals surface area contributed by atoms with Gasteiger partial charge in [-0.25, -0.2) is 0 Å². The summed E-state index contributed by atoms with van der Waals surface area (Å²) in [5.41, 5.74) is 2.73. The van der Waals surface area contributed by atoms with E-state index in [0.717, 1.165) is 13.1 Å². The highest BCUT2D eigenvalue weighted by Gasteiger charge is 2.18. The SMILES string of the molecule is C[C@H](CN1CCN(C/C=C/c2ccccc2)CC1)c1ccccc1. The normalized spacial score (nSPS) is 18.0. The zero-order valence-corrected chi connectivity index (χ0v) is 14.6. The molecule has 0 radical (unpaired) electrons. The first kappa shape index (κ1) is 16.9. The van der Waals surface area contributed by atoms with E-state index in [1.54, 1.807) is 0 Å². The van der Waals surface area contributed by atoms with Crippen molar-refractivity contribution in [1.29, 1.82) is 0 Å². The summed E-state index contributed by atoms with van der Waals surface area (Å²) in [6.07, 6.45) is 4.52. The maximum Gasteiger partial charge on any atom is 0.0167 e. The van der Waals surface area contributed by atoms with Crippen LogP contribution in [0.4, 0.5) is 0 Å². The molecule has 0 aromatic heterocycles. The lowest BCUT2D eigenvalue weighted by molar-refractivity contribution is 0.138. The first-order valence-electron chi connectivity index (χ1n) is 9.02. The van der Waals surface area contributed by atoms with Crippen molar-refractivity contribution in [3.05, 3.63) is 77.9 Å². The molecule has 126 valence electrons. The van der Waals surface area contributed by atoms with Crippen LogP contribution >= 0.6 is 0 Å². The molecule has 2 nitrogen and oxygen atoms in total. The molecule has 0 saturated carbocycles.